The van der Waals surface area contributed by atoms with Crippen LogP contribution in [-0.2, 0) is 22.7 Å². The summed E-state index contributed by atoms with van der Waals surface area (Å²) in [7, 11) is 0. The molecule has 0 saturated carbocycles. The van der Waals surface area contributed by atoms with E-state index >= 15 is 0 Å². The lowest BCUT2D eigenvalue weighted by molar-refractivity contribution is 0.108. The van der Waals surface area contributed by atoms with Crippen LogP contribution in [0.15, 0.2) is 61.7 Å². The van der Waals surface area contributed by atoms with E-state index in [1.165, 1.54) is 24.0 Å². The molecular formula is C24H30O2. The first-order chi connectivity index (χ1) is 12.8. The average Bonchev–Trinajstić information content (AvgIpc) is 2.70. The minimum Gasteiger partial charge on any atom is -0.377 e. The molecule has 0 N–H and O–H groups in total. The number of rotatable bonds is 13. The Labute approximate surface area is 158 Å². The first kappa shape index (κ1) is 20.2. The SMILES string of the molecule is C=Cc1ccc(COCCCCCCOCc2ccc(C=C)cc2)cc1. The normalized spacial score (nSPS) is 10.6. The van der Waals surface area contributed by atoms with E-state index in [0.29, 0.717) is 13.2 Å². The highest BCUT2D eigenvalue weighted by molar-refractivity contribution is 5.47. The van der Waals surface area contributed by atoms with Gasteiger partial charge in [0, 0.05) is 13.2 Å². The molecule has 0 spiro atoms. The van der Waals surface area contributed by atoms with Gasteiger partial charge in [-0.2, -0.15) is 0 Å². The summed E-state index contributed by atoms with van der Waals surface area (Å²) in [6, 6.07) is 16.7. The van der Waals surface area contributed by atoms with Crippen molar-refractivity contribution >= 4 is 12.2 Å². The molecule has 2 nitrogen and oxygen atoms in total. The molecule has 2 rings (SSSR count). The maximum Gasteiger partial charge on any atom is 0.0716 e. The van der Waals surface area contributed by atoms with Gasteiger partial charge in [-0.1, -0.05) is 86.7 Å². The molecule has 0 aliphatic rings. The van der Waals surface area contributed by atoms with Gasteiger partial charge in [0.1, 0.15) is 0 Å². The Kier molecular flexibility index (Phi) is 9.48. The van der Waals surface area contributed by atoms with Crippen molar-refractivity contribution in [2.24, 2.45) is 0 Å². The van der Waals surface area contributed by atoms with Crippen molar-refractivity contribution in [2.75, 3.05) is 13.2 Å². The standard InChI is InChI=1S/C24H30O2/c1-3-21-9-13-23(14-10-21)19-25-17-7-5-6-8-18-26-20-24-15-11-22(4-2)12-16-24/h3-4,9-16H,1-2,5-8,17-20H2. The molecular weight excluding hydrogens is 320 g/mol. The van der Waals surface area contributed by atoms with Gasteiger partial charge in [-0.3, -0.25) is 0 Å². The topological polar surface area (TPSA) is 18.5 Å². The van der Waals surface area contributed by atoms with E-state index in [0.717, 1.165) is 37.2 Å². The lowest BCUT2D eigenvalue weighted by Gasteiger charge is -2.06. The van der Waals surface area contributed by atoms with Crippen molar-refractivity contribution in [3.63, 3.8) is 0 Å². The zero-order chi connectivity index (χ0) is 18.5. The molecule has 0 radical (unpaired) electrons. The van der Waals surface area contributed by atoms with Crippen LogP contribution in [0.25, 0.3) is 12.2 Å². The van der Waals surface area contributed by atoms with Gasteiger partial charge in [-0.15, -0.1) is 0 Å². The maximum atomic E-state index is 5.73. The van der Waals surface area contributed by atoms with Crippen LogP contribution >= 0.6 is 0 Å². The van der Waals surface area contributed by atoms with Crippen LogP contribution < -0.4 is 0 Å². The van der Waals surface area contributed by atoms with Crippen molar-refractivity contribution in [2.45, 2.75) is 38.9 Å². The van der Waals surface area contributed by atoms with Gasteiger partial charge in [0.05, 0.1) is 13.2 Å². The third-order valence-corrected chi connectivity index (χ3v) is 4.30. The highest BCUT2D eigenvalue weighted by Crippen LogP contribution is 2.09. The third-order valence-electron chi connectivity index (χ3n) is 4.30. The van der Waals surface area contributed by atoms with E-state index in [2.05, 4.69) is 61.7 Å². The molecule has 0 unspecified atom stereocenters. The summed E-state index contributed by atoms with van der Waals surface area (Å²) in [5.74, 6) is 0. The lowest BCUT2D eigenvalue weighted by Crippen LogP contribution is -1.98. The fourth-order valence-corrected chi connectivity index (χ4v) is 2.64. The van der Waals surface area contributed by atoms with Crippen molar-refractivity contribution in [3.05, 3.63) is 83.9 Å². The Morgan fingerprint density at radius 2 is 0.962 bits per heavy atom. The van der Waals surface area contributed by atoms with Gasteiger partial charge in [-0.05, 0) is 35.1 Å². The first-order valence-electron chi connectivity index (χ1n) is 9.40. The van der Waals surface area contributed by atoms with Crippen LogP contribution in [0.3, 0.4) is 0 Å². The van der Waals surface area contributed by atoms with Crippen LogP contribution in [0.1, 0.15) is 47.9 Å². The highest BCUT2D eigenvalue weighted by atomic mass is 16.5. The molecule has 2 aromatic rings. The monoisotopic (exact) mass is 350 g/mol. The van der Waals surface area contributed by atoms with Crippen molar-refractivity contribution in [1.29, 1.82) is 0 Å². The summed E-state index contributed by atoms with van der Waals surface area (Å²) < 4.78 is 11.5. The molecule has 0 aliphatic heterocycles. The minimum atomic E-state index is 0.686. The van der Waals surface area contributed by atoms with E-state index in [-0.39, 0.29) is 0 Å². The van der Waals surface area contributed by atoms with Crippen molar-refractivity contribution in [1.82, 2.24) is 0 Å². The second-order valence-corrected chi connectivity index (χ2v) is 6.41. The van der Waals surface area contributed by atoms with E-state index < -0.39 is 0 Å². The van der Waals surface area contributed by atoms with E-state index in [9.17, 15) is 0 Å². The number of ether oxygens (including phenoxy) is 2. The van der Waals surface area contributed by atoms with Gasteiger partial charge < -0.3 is 9.47 Å². The molecule has 26 heavy (non-hydrogen) atoms. The molecule has 0 heterocycles. The Morgan fingerprint density at radius 3 is 1.31 bits per heavy atom. The van der Waals surface area contributed by atoms with Gasteiger partial charge in [-0.25, -0.2) is 0 Å². The Morgan fingerprint density at radius 1 is 0.577 bits per heavy atom. The molecule has 0 saturated heterocycles. The molecule has 0 atom stereocenters. The second kappa shape index (κ2) is 12.2. The zero-order valence-electron chi connectivity index (χ0n) is 15.7. The molecule has 0 fully saturated rings. The van der Waals surface area contributed by atoms with Crippen molar-refractivity contribution in [3.8, 4) is 0 Å². The summed E-state index contributed by atoms with van der Waals surface area (Å²) in [6.07, 6.45) is 8.29. The van der Waals surface area contributed by atoms with E-state index in [4.69, 9.17) is 9.47 Å². The number of benzene rings is 2. The largest absolute Gasteiger partial charge is 0.377 e. The predicted octanol–water partition coefficient (Wildman–Crippen LogP) is 6.27. The fraction of sp³-hybridized carbons (Fsp3) is 0.333. The Bertz CT molecular complexity index is 581. The van der Waals surface area contributed by atoms with Gasteiger partial charge in [0.25, 0.3) is 0 Å². The van der Waals surface area contributed by atoms with Crippen LogP contribution in [0.4, 0.5) is 0 Å². The zero-order valence-corrected chi connectivity index (χ0v) is 15.7. The Balaban J connectivity index is 1.42. The third kappa shape index (κ3) is 7.81. The predicted molar refractivity (Wildman–Crippen MR) is 111 cm³/mol. The number of hydrogen-bond donors (Lipinski definition) is 0. The van der Waals surface area contributed by atoms with Gasteiger partial charge in [0.15, 0.2) is 0 Å². The molecule has 0 aliphatic carbocycles. The fourth-order valence-electron chi connectivity index (χ4n) is 2.64. The quantitative estimate of drug-likeness (QED) is 0.397. The molecule has 2 heteroatoms. The molecule has 0 amide bonds. The Hall–Kier alpha value is -2.16. The van der Waals surface area contributed by atoms with Crippen LogP contribution in [0.5, 0.6) is 0 Å². The van der Waals surface area contributed by atoms with Crippen LogP contribution in [-0.4, -0.2) is 13.2 Å². The van der Waals surface area contributed by atoms with Gasteiger partial charge >= 0.3 is 0 Å². The minimum absolute atomic E-state index is 0.686. The summed E-state index contributed by atoms with van der Waals surface area (Å²) in [4.78, 5) is 0. The number of unbranched alkanes of at least 4 members (excludes halogenated alkanes) is 3. The van der Waals surface area contributed by atoms with E-state index in [1.807, 2.05) is 12.2 Å². The first-order valence-corrected chi connectivity index (χ1v) is 9.40. The summed E-state index contributed by atoms with van der Waals surface area (Å²) in [5.41, 5.74) is 4.71. The number of hydrogen-bond acceptors (Lipinski definition) is 2. The van der Waals surface area contributed by atoms with Crippen LogP contribution in [0.2, 0.25) is 0 Å². The smallest absolute Gasteiger partial charge is 0.0716 e. The summed E-state index contributed by atoms with van der Waals surface area (Å²) in [6.45, 7) is 10.5. The lowest BCUT2D eigenvalue weighted by atomic mass is 10.1. The molecule has 138 valence electrons. The highest BCUT2D eigenvalue weighted by Gasteiger charge is 1.96. The van der Waals surface area contributed by atoms with Crippen molar-refractivity contribution < 1.29 is 9.47 Å². The van der Waals surface area contributed by atoms with Gasteiger partial charge in [0.2, 0.25) is 0 Å². The van der Waals surface area contributed by atoms with Crippen LogP contribution in [0, 0.1) is 0 Å². The average molecular weight is 351 g/mol. The summed E-state index contributed by atoms with van der Waals surface area (Å²) >= 11 is 0. The van der Waals surface area contributed by atoms with E-state index in [1.54, 1.807) is 0 Å². The molecule has 0 bridgehead atoms. The molecule has 0 aromatic heterocycles. The summed E-state index contributed by atoms with van der Waals surface area (Å²) in [5, 5.41) is 0. The second-order valence-electron chi connectivity index (χ2n) is 6.41. The molecule has 2 aromatic carbocycles. The maximum absolute atomic E-state index is 5.73.